The first-order valence-corrected chi connectivity index (χ1v) is 9.03. The number of hydrogen-bond donors (Lipinski definition) is 2. The summed E-state index contributed by atoms with van der Waals surface area (Å²) in [5, 5.41) is 13.0. The van der Waals surface area contributed by atoms with Crippen molar-refractivity contribution in [1.82, 2.24) is 10.3 Å². The van der Waals surface area contributed by atoms with Gasteiger partial charge in [-0.15, -0.1) is 0 Å². The van der Waals surface area contributed by atoms with Crippen LogP contribution in [-0.4, -0.2) is 40.4 Å². The average Bonchev–Trinajstić information content (AvgIpc) is 3.20. The molecule has 3 atom stereocenters. The van der Waals surface area contributed by atoms with E-state index in [0.29, 0.717) is 19.4 Å². The Balaban J connectivity index is 1.58. The monoisotopic (exact) mass is 349 g/mol. The van der Waals surface area contributed by atoms with Gasteiger partial charge in [0.1, 0.15) is 0 Å². The normalized spacial score (nSPS) is 28.4. The molecule has 5 nitrogen and oxygen atoms in total. The highest BCUT2D eigenvalue weighted by Gasteiger charge is 2.44. The number of pyridine rings is 1. The minimum atomic E-state index is -0.632. The lowest BCUT2D eigenvalue weighted by Gasteiger charge is -2.23. The van der Waals surface area contributed by atoms with Crippen LogP contribution in [0.15, 0.2) is 47.6 Å². The van der Waals surface area contributed by atoms with Gasteiger partial charge in [0.05, 0.1) is 11.5 Å². The number of aliphatic imine (C=N–C) groups is 1. The average molecular weight is 349 g/mol. The molecule has 2 aliphatic heterocycles. The van der Waals surface area contributed by atoms with E-state index in [1.807, 2.05) is 44.2 Å². The summed E-state index contributed by atoms with van der Waals surface area (Å²) in [4.78, 5) is 21.3. The maximum atomic E-state index is 12.7. The summed E-state index contributed by atoms with van der Waals surface area (Å²) in [7, 11) is 0. The molecule has 0 saturated carbocycles. The van der Waals surface area contributed by atoms with Crippen LogP contribution >= 0.6 is 0 Å². The van der Waals surface area contributed by atoms with E-state index in [1.165, 1.54) is 0 Å². The van der Waals surface area contributed by atoms with Crippen molar-refractivity contribution < 1.29 is 9.90 Å². The number of amides is 1. The molecule has 1 aromatic heterocycles. The molecular formula is C21H23N3O2. The second-order valence-electron chi connectivity index (χ2n) is 7.48. The second-order valence-corrected chi connectivity index (χ2v) is 7.48. The Morgan fingerprint density at radius 3 is 2.65 bits per heavy atom. The van der Waals surface area contributed by atoms with Crippen LogP contribution in [0, 0.1) is 6.92 Å². The van der Waals surface area contributed by atoms with Crippen LogP contribution in [0.5, 0.6) is 0 Å². The van der Waals surface area contributed by atoms with E-state index in [0.717, 1.165) is 28.1 Å². The van der Waals surface area contributed by atoms with E-state index in [9.17, 15) is 9.90 Å². The Hall–Kier alpha value is -2.37. The Labute approximate surface area is 153 Å². The van der Waals surface area contributed by atoms with Crippen LogP contribution in [0.25, 0.3) is 11.1 Å². The maximum absolute atomic E-state index is 12.7. The van der Waals surface area contributed by atoms with Crippen LogP contribution in [-0.2, 0) is 10.2 Å². The van der Waals surface area contributed by atoms with Gasteiger partial charge in [0.15, 0.2) is 0 Å². The molecule has 0 spiro atoms. The topological polar surface area (TPSA) is 74.6 Å². The second kappa shape index (κ2) is 6.41. The lowest BCUT2D eigenvalue weighted by atomic mass is 9.78. The number of aliphatic hydroxyl groups is 1. The number of rotatable bonds is 3. The summed E-state index contributed by atoms with van der Waals surface area (Å²) >= 11 is 0. The summed E-state index contributed by atoms with van der Waals surface area (Å²) < 4.78 is 0. The quantitative estimate of drug-likeness (QED) is 0.892. The van der Waals surface area contributed by atoms with Gasteiger partial charge in [-0.05, 0) is 37.5 Å². The molecular weight excluding hydrogens is 326 g/mol. The Kier molecular flexibility index (Phi) is 4.21. The van der Waals surface area contributed by atoms with Crippen LogP contribution in [0.2, 0.25) is 0 Å². The Morgan fingerprint density at radius 2 is 2.00 bits per heavy atom. The summed E-state index contributed by atoms with van der Waals surface area (Å²) in [6, 6.07) is 12.1. The van der Waals surface area contributed by atoms with Crippen LogP contribution in [0.3, 0.4) is 0 Å². The first-order chi connectivity index (χ1) is 12.5. The van der Waals surface area contributed by atoms with E-state index >= 15 is 0 Å². The van der Waals surface area contributed by atoms with Crippen LogP contribution < -0.4 is 5.32 Å². The lowest BCUT2D eigenvalue weighted by Crippen LogP contribution is -2.33. The largest absolute Gasteiger partial charge is 0.392 e. The van der Waals surface area contributed by atoms with E-state index in [1.54, 1.807) is 6.20 Å². The van der Waals surface area contributed by atoms with Crippen LogP contribution in [0.4, 0.5) is 0 Å². The third-order valence-electron chi connectivity index (χ3n) is 5.60. The molecule has 4 rings (SSSR count). The van der Waals surface area contributed by atoms with Gasteiger partial charge in [0.25, 0.3) is 5.91 Å². The number of nitrogens with zero attached hydrogens (tertiary/aromatic N) is 2. The zero-order valence-corrected chi connectivity index (χ0v) is 15.1. The van der Waals surface area contributed by atoms with E-state index in [-0.39, 0.29) is 18.1 Å². The van der Waals surface area contributed by atoms with Crippen molar-refractivity contribution in [3.05, 3.63) is 53.9 Å². The van der Waals surface area contributed by atoms with Gasteiger partial charge in [-0.1, -0.05) is 30.3 Å². The predicted octanol–water partition coefficient (Wildman–Crippen LogP) is 2.41. The third-order valence-corrected chi connectivity index (χ3v) is 5.60. The molecule has 2 aromatic rings. The van der Waals surface area contributed by atoms with E-state index in [4.69, 9.17) is 0 Å². The summed E-state index contributed by atoms with van der Waals surface area (Å²) in [6.45, 7) is 4.52. The Morgan fingerprint density at radius 1 is 1.23 bits per heavy atom. The van der Waals surface area contributed by atoms with Crippen molar-refractivity contribution in [1.29, 1.82) is 0 Å². The number of β-amino-alcohol motifs (C(OH)–C–C–N with tert-alkyl or cyclic N) is 1. The summed E-state index contributed by atoms with van der Waals surface area (Å²) in [5.74, 6) is -0.0963. The third kappa shape index (κ3) is 2.87. The molecule has 0 radical (unpaired) electrons. The highest BCUT2D eigenvalue weighted by Crippen LogP contribution is 2.37. The molecule has 1 amide bonds. The van der Waals surface area contributed by atoms with Crippen molar-refractivity contribution >= 4 is 11.6 Å². The molecule has 0 aliphatic carbocycles. The van der Waals surface area contributed by atoms with E-state index in [2.05, 4.69) is 21.4 Å². The molecule has 1 saturated heterocycles. The summed E-state index contributed by atoms with van der Waals surface area (Å²) in [6.07, 6.45) is 2.66. The molecule has 2 unspecified atom stereocenters. The van der Waals surface area contributed by atoms with Crippen molar-refractivity contribution in [3.63, 3.8) is 0 Å². The van der Waals surface area contributed by atoms with Gasteiger partial charge >= 0.3 is 0 Å². The fourth-order valence-corrected chi connectivity index (χ4v) is 3.94. The minimum absolute atomic E-state index is 0.00749. The lowest BCUT2D eigenvalue weighted by molar-refractivity contribution is -0.121. The number of aliphatic hydroxyl groups excluding tert-OH is 1. The maximum Gasteiger partial charge on any atom is 0.256 e. The van der Waals surface area contributed by atoms with Crippen molar-refractivity contribution in [3.8, 4) is 11.1 Å². The van der Waals surface area contributed by atoms with Gasteiger partial charge in [0.2, 0.25) is 0 Å². The van der Waals surface area contributed by atoms with Crippen molar-refractivity contribution in [2.75, 3.05) is 6.54 Å². The standard InChI is InChI=1S/C21H23N3O2/c1-13-17(4-3-9-22-13)14-5-7-15(8-6-14)21(2)11-19(24-20(21)26)18-10-16(25)12-23-18/h3-9,16,18,23,25H,10-12H2,1-2H3/t16-,18?,21?/m1/s1. The molecule has 1 aromatic carbocycles. The van der Waals surface area contributed by atoms with Gasteiger partial charge in [-0.3, -0.25) is 9.78 Å². The zero-order chi connectivity index (χ0) is 18.3. The van der Waals surface area contributed by atoms with Gasteiger partial charge in [-0.25, -0.2) is 4.99 Å². The zero-order valence-electron chi connectivity index (χ0n) is 15.1. The molecule has 5 heteroatoms. The number of carbonyl (C=O) groups is 1. The molecule has 2 N–H and O–H groups in total. The number of aryl methyl sites for hydroxylation is 1. The smallest absolute Gasteiger partial charge is 0.256 e. The number of benzene rings is 1. The molecule has 26 heavy (non-hydrogen) atoms. The fourth-order valence-electron chi connectivity index (χ4n) is 3.94. The Bertz CT molecular complexity index is 875. The predicted molar refractivity (Wildman–Crippen MR) is 101 cm³/mol. The minimum Gasteiger partial charge on any atom is -0.392 e. The highest BCUT2D eigenvalue weighted by atomic mass is 16.3. The molecule has 0 bridgehead atoms. The van der Waals surface area contributed by atoms with Crippen molar-refractivity contribution in [2.24, 2.45) is 4.99 Å². The van der Waals surface area contributed by atoms with Crippen molar-refractivity contribution in [2.45, 2.75) is 44.2 Å². The molecule has 134 valence electrons. The molecule has 3 heterocycles. The van der Waals surface area contributed by atoms with E-state index < -0.39 is 5.41 Å². The fraction of sp³-hybridized carbons (Fsp3) is 0.381. The van der Waals surface area contributed by atoms with Crippen LogP contribution in [0.1, 0.15) is 31.0 Å². The first kappa shape index (κ1) is 17.1. The first-order valence-electron chi connectivity index (χ1n) is 9.03. The molecule has 1 fully saturated rings. The number of hydrogen-bond acceptors (Lipinski definition) is 4. The van der Waals surface area contributed by atoms with Gasteiger partial charge < -0.3 is 10.4 Å². The highest BCUT2D eigenvalue weighted by molar-refractivity contribution is 6.10. The number of nitrogens with one attached hydrogen (secondary N) is 1. The van der Waals surface area contributed by atoms with Gasteiger partial charge in [0, 0.05) is 42.2 Å². The number of aromatic nitrogens is 1. The van der Waals surface area contributed by atoms with Gasteiger partial charge in [-0.2, -0.15) is 0 Å². The number of carbonyl (C=O) groups excluding carboxylic acids is 1. The summed E-state index contributed by atoms with van der Waals surface area (Å²) in [5.41, 5.74) is 4.39. The molecule has 2 aliphatic rings. The SMILES string of the molecule is Cc1ncccc1-c1ccc(C2(C)CC(C3C[C@@H](O)CN3)=NC2=O)cc1.